The van der Waals surface area contributed by atoms with Gasteiger partial charge in [0.15, 0.2) is 11.6 Å². The lowest BCUT2D eigenvalue weighted by molar-refractivity contribution is -0.110. The topological polar surface area (TPSA) is 34.1 Å². The van der Waals surface area contributed by atoms with E-state index in [0.29, 0.717) is 17.8 Å². The summed E-state index contributed by atoms with van der Waals surface area (Å²) in [5, 5.41) is 3.17. The van der Waals surface area contributed by atoms with Gasteiger partial charge < -0.3 is 0 Å². The number of rotatable bonds is 24. The lowest BCUT2D eigenvalue weighted by Crippen LogP contribution is -2.00. The summed E-state index contributed by atoms with van der Waals surface area (Å²) in [5.41, 5.74) is 15.0. The smallest absolute Gasteiger partial charge is 0.187 e. The molecule has 342 valence electrons. The fraction of sp³-hybridized carbons (Fsp3) is 0.344. The van der Waals surface area contributed by atoms with Gasteiger partial charge in [-0.25, -0.2) is 0 Å². The highest BCUT2D eigenvalue weighted by Crippen LogP contribution is 2.47. The van der Waals surface area contributed by atoms with E-state index in [1.165, 1.54) is 74.5 Å². The summed E-state index contributed by atoms with van der Waals surface area (Å²) in [6, 6.07) is 45.2. The number of hydrogen-bond donors (Lipinski definition) is 0. The summed E-state index contributed by atoms with van der Waals surface area (Å²) in [6.07, 6.45) is 18.1. The van der Waals surface area contributed by atoms with Crippen LogP contribution in [0.15, 0.2) is 140 Å². The van der Waals surface area contributed by atoms with Gasteiger partial charge in [-0.05, 0) is 130 Å². The predicted molar refractivity (Wildman–Crippen MR) is 294 cm³/mol. The van der Waals surface area contributed by atoms with Crippen LogP contribution in [-0.4, -0.2) is 27.6 Å². The van der Waals surface area contributed by atoms with Gasteiger partial charge in [-0.2, -0.15) is 0 Å². The Morgan fingerprint density at radius 3 is 0.955 bits per heavy atom. The maximum atomic E-state index is 14.4. The Kier molecular flexibility index (Phi) is 18.6. The van der Waals surface area contributed by atoms with Crippen molar-refractivity contribution < 1.29 is 9.59 Å². The third-order valence-electron chi connectivity index (χ3n) is 13.8. The van der Waals surface area contributed by atoms with E-state index >= 15 is 0 Å². The first-order valence-corrected chi connectivity index (χ1v) is 27.7. The highest BCUT2D eigenvalue weighted by Gasteiger charge is 2.31. The number of unbranched alkanes of at least 4 members (excludes halogenated alkanes) is 6. The molecule has 5 heteroatoms. The van der Waals surface area contributed by atoms with Crippen LogP contribution in [0.1, 0.15) is 166 Å². The Labute approximate surface area is 420 Å². The Bertz CT molecular complexity index is 2520. The molecule has 2 nitrogen and oxygen atoms in total. The molecule has 0 aliphatic heterocycles. The van der Waals surface area contributed by atoms with Gasteiger partial charge in [0.05, 0.1) is 0 Å². The van der Waals surface area contributed by atoms with E-state index < -0.39 is 0 Å². The number of hydrogen-bond acceptors (Lipinski definition) is 2. The van der Waals surface area contributed by atoms with Gasteiger partial charge in [0.1, 0.15) is 0 Å². The molecule has 7 rings (SSSR count). The van der Waals surface area contributed by atoms with E-state index in [1.807, 2.05) is 30.4 Å². The average molecular weight is 1070 g/mol. The molecule has 0 bridgehead atoms. The van der Waals surface area contributed by atoms with Crippen LogP contribution >= 0.6 is 47.8 Å². The van der Waals surface area contributed by atoms with Crippen LogP contribution in [0.4, 0.5) is 0 Å². The summed E-state index contributed by atoms with van der Waals surface area (Å²) in [6.45, 7) is 6.94. The molecule has 0 fully saturated rings. The average Bonchev–Trinajstić information content (AvgIpc) is 3.89. The Morgan fingerprint density at radius 2 is 0.621 bits per heavy atom. The number of ketones is 2. The molecule has 0 saturated carbocycles. The van der Waals surface area contributed by atoms with Crippen molar-refractivity contribution in [3.05, 3.63) is 190 Å². The van der Waals surface area contributed by atoms with E-state index in [9.17, 15) is 9.59 Å². The first-order valence-electron chi connectivity index (χ1n) is 24.4. The SMILES string of the molecule is CC(CCCCCBr)c1ccc(C2=CC(=O)C(c3ccc(C(C)CCCCCBr)cc3)=C2c2ccc(C3=C(c4ccc(C(C)CCCCCBr)cc4)C(=O)C=C3c3ccccc3)cc2)cc1. The quantitative estimate of drug-likeness (QED) is 0.0456. The standard InChI is InChI=1S/C61H65Br3O2/c1-42(16-8-5-13-37-62)45-21-27-49(28-22-45)55-41-57(66)61(53-31-25-47(26-32-53)44(3)18-10-7-15-39-64)59(55)51-35-33-50(34-36-51)58-54(48-19-11-4-12-20-48)40-56(65)60(58)52-29-23-46(24-30-52)43(2)17-9-6-14-38-63/h4,11-12,19-36,40-44H,5-10,13-18,37-39H2,1-3H3. The molecule has 5 aromatic rings. The summed E-state index contributed by atoms with van der Waals surface area (Å²) in [4.78, 5) is 28.5. The molecule has 2 aliphatic carbocycles. The van der Waals surface area contributed by atoms with Crippen LogP contribution in [0.5, 0.6) is 0 Å². The number of carbonyl (C=O) groups excluding carboxylic acids is 2. The highest BCUT2D eigenvalue weighted by atomic mass is 79.9. The van der Waals surface area contributed by atoms with Crippen LogP contribution in [0.3, 0.4) is 0 Å². The fourth-order valence-corrected chi connectivity index (χ4v) is 10.9. The molecular weight excluding hydrogens is 1000 g/mol. The zero-order chi connectivity index (χ0) is 46.4. The van der Waals surface area contributed by atoms with Crippen molar-refractivity contribution in [2.45, 2.75) is 116 Å². The molecule has 0 aromatic heterocycles. The lowest BCUT2D eigenvalue weighted by atomic mass is 9.86. The van der Waals surface area contributed by atoms with E-state index in [4.69, 9.17) is 0 Å². The third-order valence-corrected chi connectivity index (χ3v) is 15.5. The first kappa shape index (κ1) is 49.7. The molecule has 66 heavy (non-hydrogen) atoms. The predicted octanol–water partition coefficient (Wildman–Crippen LogP) is 18.0. The van der Waals surface area contributed by atoms with Crippen LogP contribution < -0.4 is 0 Å². The third kappa shape index (κ3) is 12.3. The Hall–Kier alpha value is -4.16. The van der Waals surface area contributed by atoms with Crippen molar-refractivity contribution >= 4 is 92.8 Å². The van der Waals surface area contributed by atoms with E-state index in [2.05, 4.69) is 178 Å². The van der Waals surface area contributed by atoms with E-state index in [-0.39, 0.29) is 11.6 Å². The summed E-state index contributed by atoms with van der Waals surface area (Å²) >= 11 is 10.7. The Balaban J connectivity index is 1.26. The molecule has 0 N–H and O–H groups in total. The van der Waals surface area contributed by atoms with E-state index in [1.54, 1.807) is 0 Å². The minimum absolute atomic E-state index is 0.0218. The van der Waals surface area contributed by atoms with Crippen LogP contribution in [-0.2, 0) is 9.59 Å². The molecule has 0 amide bonds. The van der Waals surface area contributed by atoms with Crippen molar-refractivity contribution in [1.29, 1.82) is 0 Å². The normalized spacial score (nSPS) is 15.4. The van der Waals surface area contributed by atoms with E-state index in [0.717, 1.165) is 102 Å². The molecule has 0 saturated heterocycles. The van der Waals surface area contributed by atoms with Gasteiger partial charge in [-0.3, -0.25) is 9.59 Å². The van der Waals surface area contributed by atoms with Crippen molar-refractivity contribution in [2.24, 2.45) is 0 Å². The second kappa shape index (κ2) is 24.7. The summed E-state index contributed by atoms with van der Waals surface area (Å²) in [5.74, 6) is 1.42. The molecule has 0 heterocycles. The minimum atomic E-state index is 0.0218. The maximum absolute atomic E-state index is 14.4. The molecule has 0 spiro atoms. The molecule has 3 atom stereocenters. The minimum Gasteiger partial charge on any atom is -0.289 e. The van der Waals surface area contributed by atoms with Crippen LogP contribution in [0.2, 0.25) is 0 Å². The van der Waals surface area contributed by atoms with Crippen LogP contribution in [0.25, 0.3) is 33.4 Å². The maximum Gasteiger partial charge on any atom is 0.187 e. The van der Waals surface area contributed by atoms with Gasteiger partial charge in [0.2, 0.25) is 0 Å². The van der Waals surface area contributed by atoms with Gasteiger partial charge in [0.25, 0.3) is 0 Å². The number of allylic oxidation sites excluding steroid dienone is 8. The zero-order valence-corrected chi connectivity index (χ0v) is 43.8. The number of halogens is 3. The lowest BCUT2D eigenvalue weighted by Gasteiger charge is -2.17. The monoisotopic (exact) mass is 1070 g/mol. The molecule has 3 unspecified atom stereocenters. The first-order chi connectivity index (χ1) is 32.2. The zero-order valence-electron chi connectivity index (χ0n) is 39.1. The van der Waals surface area contributed by atoms with Gasteiger partial charge >= 0.3 is 0 Å². The van der Waals surface area contributed by atoms with Crippen molar-refractivity contribution in [3.8, 4) is 0 Å². The summed E-state index contributed by atoms with van der Waals surface area (Å²) < 4.78 is 0. The molecule has 0 radical (unpaired) electrons. The second-order valence-corrected chi connectivity index (χ2v) is 20.9. The molecule has 2 aliphatic rings. The van der Waals surface area contributed by atoms with Crippen LogP contribution in [0, 0.1) is 0 Å². The number of carbonyl (C=O) groups is 2. The second-order valence-electron chi connectivity index (χ2n) is 18.5. The number of benzene rings is 5. The van der Waals surface area contributed by atoms with Crippen molar-refractivity contribution in [3.63, 3.8) is 0 Å². The Morgan fingerprint density at radius 1 is 0.333 bits per heavy atom. The van der Waals surface area contributed by atoms with Crippen molar-refractivity contribution in [1.82, 2.24) is 0 Å². The van der Waals surface area contributed by atoms with Gasteiger partial charge in [-0.1, -0.05) is 234 Å². The number of alkyl halides is 3. The summed E-state index contributed by atoms with van der Waals surface area (Å²) in [7, 11) is 0. The largest absolute Gasteiger partial charge is 0.289 e. The van der Waals surface area contributed by atoms with Crippen molar-refractivity contribution in [2.75, 3.05) is 16.0 Å². The van der Waals surface area contributed by atoms with Gasteiger partial charge in [-0.15, -0.1) is 0 Å². The highest BCUT2D eigenvalue weighted by molar-refractivity contribution is 9.09. The fourth-order valence-electron chi connectivity index (χ4n) is 9.73. The molecular formula is C61H65Br3O2. The molecule has 5 aromatic carbocycles. The van der Waals surface area contributed by atoms with Gasteiger partial charge in [0, 0.05) is 38.3 Å².